The number of anilines is 1. The topological polar surface area (TPSA) is 84.4 Å². The Kier molecular flexibility index (Phi) is 5.34. The van der Waals surface area contributed by atoms with Crippen LogP contribution >= 0.6 is 0 Å². The molecular weight excluding hydrogens is 410 g/mol. The van der Waals surface area contributed by atoms with Crippen molar-refractivity contribution in [3.8, 4) is 0 Å². The molecule has 0 radical (unpaired) electrons. The second-order valence-corrected chi connectivity index (χ2v) is 7.07. The molecule has 1 N–H and O–H groups in total. The molecule has 3 rings (SSSR count). The van der Waals surface area contributed by atoms with Crippen LogP contribution in [0.2, 0.25) is 0 Å². The highest BCUT2D eigenvalue weighted by Gasteiger charge is 2.61. The van der Waals surface area contributed by atoms with E-state index in [2.05, 4.69) is 20.3 Å². The number of rotatable bonds is 3. The summed E-state index contributed by atoms with van der Waals surface area (Å²) in [5.74, 6) is -0.616. The molecule has 1 saturated heterocycles. The number of carbonyl (C=O) groups is 2. The van der Waals surface area contributed by atoms with E-state index in [-0.39, 0.29) is 37.8 Å². The maximum Gasteiger partial charge on any atom is 0.434 e. The van der Waals surface area contributed by atoms with E-state index in [1.54, 1.807) is 6.07 Å². The summed E-state index contributed by atoms with van der Waals surface area (Å²) in [6, 6.07) is 1.55. The molecule has 1 atom stereocenters. The summed E-state index contributed by atoms with van der Waals surface area (Å²) in [6.45, 7) is -0.191. The minimum absolute atomic E-state index is 0.0954. The van der Waals surface area contributed by atoms with E-state index in [1.165, 1.54) is 12.4 Å². The Morgan fingerprint density at radius 1 is 1.14 bits per heavy atom. The molecule has 160 valence electrons. The molecule has 0 unspecified atom stereocenters. The number of ether oxygens (including phenoxy) is 1. The van der Waals surface area contributed by atoms with Crippen molar-refractivity contribution in [3.05, 3.63) is 18.5 Å². The molecule has 2 heterocycles. The molecule has 1 aliphatic heterocycles. The first-order valence-corrected chi connectivity index (χ1v) is 8.59. The maximum absolute atomic E-state index is 12.5. The zero-order chi connectivity index (χ0) is 21.4. The Hall–Kier alpha value is -2.60. The molecule has 0 bridgehead atoms. The van der Waals surface area contributed by atoms with Gasteiger partial charge in [0.15, 0.2) is 0 Å². The van der Waals surface area contributed by atoms with Gasteiger partial charge in [-0.3, -0.25) is 4.79 Å². The highest BCUT2D eigenvalue weighted by molar-refractivity contribution is 5.95. The summed E-state index contributed by atoms with van der Waals surface area (Å²) in [5.41, 5.74) is 0.0350. The molecule has 1 spiro atoms. The summed E-state index contributed by atoms with van der Waals surface area (Å²) in [6.07, 6.45) is -13.5. The van der Waals surface area contributed by atoms with Crippen molar-refractivity contribution < 1.29 is 40.7 Å². The van der Waals surface area contributed by atoms with Crippen molar-refractivity contribution in [1.82, 2.24) is 15.1 Å². The number of amides is 2. The summed E-state index contributed by atoms with van der Waals surface area (Å²) < 4.78 is 78.9. The second-order valence-electron chi connectivity index (χ2n) is 7.07. The molecule has 13 heteroatoms. The van der Waals surface area contributed by atoms with E-state index < -0.39 is 30.0 Å². The Morgan fingerprint density at radius 2 is 1.76 bits per heavy atom. The average Bonchev–Trinajstić information content (AvgIpc) is 3.32. The van der Waals surface area contributed by atoms with E-state index >= 15 is 0 Å². The number of aromatic nitrogens is 2. The number of nitrogens with one attached hydrogen (secondary N) is 1. The third-order valence-corrected chi connectivity index (χ3v) is 5.19. The average molecular weight is 426 g/mol. The Balaban J connectivity index is 1.53. The van der Waals surface area contributed by atoms with Gasteiger partial charge in [0, 0.05) is 19.0 Å². The molecular formula is C16H16F6N4O3. The standard InChI is InChI=1S/C16H16F6N4O3/c17-15(18,19)12(16(20,21)22)29-13(28)26-5-2-14(3-6-26)7-10(14)11(27)25-9-1-4-23-24-8-9/h1,4,8,10,12H,2-3,5-7H2,(H,23,25,27)/t10-/m1/s1. The number of alkyl halides is 6. The molecule has 2 aliphatic rings. The molecule has 2 fully saturated rings. The van der Waals surface area contributed by atoms with Crippen molar-refractivity contribution in [3.63, 3.8) is 0 Å². The lowest BCUT2D eigenvalue weighted by Crippen LogP contribution is -2.49. The monoisotopic (exact) mass is 426 g/mol. The summed E-state index contributed by atoms with van der Waals surface area (Å²) in [7, 11) is 0. The van der Waals surface area contributed by atoms with Crippen molar-refractivity contribution in [2.75, 3.05) is 18.4 Å². The summed E-state index contributed by atoms with van der Waals surface area (Å²) >= 11 is 0. The molecule has 1 saturated carbocycles. The van der Waals surface area contributed by atoms with Crippen molar-refractivity contribution in [1.29, 1.82) is 0 Å². The minimum atomic E-state index is -5.76. The van der Waals surface area contributed by atoms with Gasteiger partial charge in [-0.1, -0.05) is 0 Å². The Morgan fingerprint density at radius 3 is 2.28 bits per heavy atom. The number of hydrogen-bond acceptors (Lipinski definition) is 5. The zero-order valence-corrected chi connectivity index (χ0v) is 14.8. The smallest absolute Gasteiger partial charge is 0.426 e. The highest BCUT2D eigenvalue weighted by Crippen LogP contribution is 2.59. The van der Waals surface area contributed by atoms with Gasteiger partial charge in [0.25, 0.3) is 6.10 Å². The fourth-order valence-electron chi connectivity index (χ4n) is 3.49. The van der Waals surface area contributed by atoms with Crippen LogP contribution in [0.5, 0.6) is 0 Å². The zero-order valence-electron chi connectivity index (χ0n) is 14.8. The molecule has 2 amide bonds. The van der Waals surface area contributed by atoms with Gasteiger partial charge >= 0.3 is 18.4 Å². The van der Waals surface area contributed by atoms with Gasteiger partial charge in [-0.15, -0.1) is 0 Å². The minimum Gasteiger partial charge on any atom is -0.426 e. The number of likely N-dealkylation sites (tertiary alicyclic amines) is 1. The van der Waals surface area contributed by atoms with Crippen LogP contribution in [-0.4, -0.2) is 58.6 Å². The van der Waals surface area contributed by atoms with E-state index in [1.807, 2.05) is 0 Å². The second kappa shape index (κ2) is 7.34. The van der Waals surface area contributed by atoms with Crippen LogP contribution in [0.15, 0.2) is 18.5 Å². The lowest BCUT2D eigenvalue weighted by atomic mass is 9.91. The highest BCUT2D eigenvalue weighted by atomic mass is 19.4. The first-order chi connectivity index (χ1) is 13.4. The first-order valence-electron chi connectivity index (χ1n) is 8.59. The summed E-state index contributed by atoms with van der Waals surface area (Å²) in [5, 5.41) is 9.88. The van der Waals surface area contributed by atoms with Crippen LogP contribution in [0.25, 0.3) is 0 Å². The molecule has 1 aliphatic carbocycles. The number of halogens is 6. The summed E-state index contributed by atoms with van der Waals surface area (Å²) in [4.78, 5) is 24.9. The quantitative estimate of drug-likeness (QED) is 0.751. The van der Waals surface area contributed by atoms with Gasteiger partial charge in [0.05, 0.1) is 18.1 Å². The van der Waals surface area contributed by atoms with E-state index in [0.29, 0.717) is 12.1 Å². The molecule has 29 heavy (non-hydrogen) atoms. The van der Waals surface area contributed by atoms with Crippen LogP contribution in [0, 0.1) is 11.3 Å². The van der Waals surface area contributed by atoms with Gasteiger partial charge in [0.2, 0.25) is 5.91 Å². The lowest BCUT2D eigenvalue weighted by Gasteiger charge is -2.33. The van der Waals surface area contributed by atoms with Gasteiger partial charge in [0.1, 0.15) is 0 Å². The molecule has 1 aromatic heterocycles. The maximum atomic E-state index is 12.5. The van der Waals surface area contributed by atoms with Crippen LogP contribution in [0.1, 0.15) is 19.3 Å². The largest absolute Gasteiger partial charge is 0.434 e. The number of hydrogen-bond donors (Lipinski definition) is 1. The lowest BCUT2D eigenvalue weighted by molar-refractivity contribution is -0.308. The fraction of sp³-hybridized carbons (Fsp3) is 0.625. The number of carbonyl (C=O) groups excluding carboxylic acids is 2. The predicted octanol–water partition coefficient (Wildman–Crippen LogP) is 3.15. The Labute approximate surface area is 160 Å². The first kappa shape index (κ1) is 21.1. The Bertz CT molecular complexity index is 748. The molecule has 0 aromatic carbocycles. The normalized spacial score (nSPS) is 21.2. The predicted molar refractivity (Wildman–Crippen MR) is 84.4 cm³/mol. The van der Waals surface area contributed by atoms with Crippen molar-refractivity contribution in [2.45, 2.75) is 37.7 Å². The third kappa shape index (κ3) is 4.70. The van der Waals surface area contributed by atoms with Crippen LogP contribution in [-0.2, 0) is 9.53 Å². The number of nitrogens with zero attached hydrogens (tertiary/aromatic N) is 3. The van der Waals surface area contributed by atoms with Crippen LogP contribution in [0.4, 0.5) is 36.8 Å². The van der Waals surface area contributed by atoms with Gasteiger partial charge in [-0.25, -0.2) is 4.79 Å². The molecule has 7 nitrogen and oxygen atoms in total. The van der Waals surface area contributed by atoms with Gasteiger partial charge in [-0.2, -0.15) is 36.5 Å². The van der Waals surface area contributed by atoms with E-state index in [4.69, 9.17) is 0 Å². The van der Waals surface area contributed by atoms with Gasteiger partial charge in [-0.05, 0) is 30.7 Å². The van der Waals surface area contributed by atoms with Crippen LogP contribution in [0.3, 0.4) is 0 Å². The van der Waals surface area contributed by atoms with Crippen molar-refractivity contribution in [2.24, 2.45) is 11.3 Å². The number of piperidine rings is 1. The fourth-order valence-corrected chi connectivity index (χ4v) is 3.49. The molecule has 1 aromatic rings. The van der Waals surface area contributed by atoms with Crippen molar-refractivity contribution >= 4 is 17.7 Å². The van der Waals surface area contributed by atoms with Gasteiger partial charge < -0.3 is 15.0 Å². The van der Waals surface area contributed by atoms with E-state index in [9.17, 15) is 35.9 Å². The van der Waals surface area contributed by atoms with E-state index in [0.717, 1.165) is 4.90 Å². The SMILES string of the molecule is O=C(Nc1ccnnc1)[C@H]1CC12CCN(C(=O)OC(C(F)(F)F)C(F)(F)F)CC2. The third-order valence-electron chi connectivity index (χ3n) is 5.19. The van der Waals surface area contributed by atoms with Crippen LogP contribution < -0.4 is 5.32 Å².